The Morgan fingerprint density at radius 2 is 1.94 bits per heavy atom. The highest BCUT2D eigenvalue weighted by Crippen LogP contribution is 2.27. The summed E-state index contributed by atoms with van der Waals surface area (Å²) in [5, 5.41) is 4.79. The van der Waals surface area contributed by atoms with Gasteiger partial charge in [-0.2, -0.15) is 0 Å². The molecule has 3 aromatic rings. The summed E-state index contributed by atoms with van der Waals surface area (Å²) in [6.07, 6.45) is 2.03. The number of urea groups is 1. The minimum atomic E-state index is -0.672. The van der Waals surface area contributed by atoms with E-state index in [1.165, 1.54) is 12.1 Å². The molecule has 4 rings (SSSR count). The molecule has 1 aliphatic rings. The highest BCUT2D eigenvalue weighted by atomic mass is 19.1. The first-order valence-corrected chi connectivity index (χ1v) is 10.1. The summed E-state index contributed by atoms with van der Waals surface area (Å²) in [7, 11) is 0. The number of nitrogens with zero attached hydrogens (tertiary/aromatic N) is 2. The van der Waals surface area contributed by atoms with Gasteiger partial charge in [0.05, 0.1) is 6.04 Å². The van der Waals surface area contributed by atoms with Crippen LogP contribution in [0.1, 0.15) is 33.2 Å². The third-order valence-electron chi connectivity index (χ3n) is 5.39. The molecule has 8 heteroatoms. The van der Waals surface area contributed by atoms with Crippen LogP contribution in [-0.4, -0.2) is 34.8 Å². The number of pyridine rings is 1. The number of hydrogen-bond donors (Lipinski definition) is 2. The lowest BCUT2D eigenvalue weighted by Crippen LogP contribution is -2.42. The van der Waals surface area contributed by atoms with Gasteiger partial charge in [-0.1, -0.05) is 30.3 Å². The maximum atomic E-state index is 13.6. The summed E-state index contributed by atoms with van der Waals surface area (Å²) < 4.78 is 13.6. The number of imide groups is 1. The fourth-order valence-electron chi connectivity index (χ4n) is 3.82. The fourth-order valence-corrected chi connectivity index (χ4v) is 3.82. The average Bonchev–Trinajstić information content (AvgIpc) is 3.08. The maximum absolute atomic E-state index is 13.6. The van der Waals surface area contributed by atoms with Crippen molar-refractivity contribution in [3.05, 3.63) is 89.0 Å². The quantitative estimate of drug-likeness (QED) is 0.585. The van der Waals surface area contributed by atoms with Crippen molar-refractivity contribution in [2.45, 2.75) is 19.5 Å². The van der Waals surface area contributed by atoms with E-state index in [4.69, 9.17) is 0 Å². The summed E-state index contributed by atoms with van der Waals surface area (Å²) >= 11 is 0. The Kier molecular flexibility index (Phi) is 5.93. The van der Waals surface area contributed by atoms with Crippen LogP contribution in [0.3, 0.4) is 0 Å². The molecule has 1 atom stereocenters. The highest BCUT2D eigenvalue weighted by molar-refractivity contribution is 5.98. The van der Waals surface area contributed by atoms with E-state index in [1.54, 1.807) is 17.2 Å². The Morgan fingerprint density at radius 3 is 2.66 bits per heavy atom. The number of rotatable bonds is 6. The number of fused-ring (bicyclic) bond motifs is 1. The zero-order chi connectivity index (χ0) is 22.7. The standard InChI is InChI=1S/C24H21FN4O3/c1-15-10-18(8-9-26-15)16-2-4-17(5-3-16)22(28-24(32)27-14-30)13-29-12-19-6-7-20(25)11-21(19)23(29)31/h2-11,14,22H,12-13H2,1H3,(H2,27,28,30,32)/t22-/m0/s1. The molecule has 2 aromatic carbocycles. The molecule has 4 amide bonds. The molecule has 0 aliphatic carbocycles. The van der Waals surface area contributed by atoms with Gasteiger partial charge in [0.15, 0.2) is 0 Å². The number of amides is 4. The molecule has 0 saturated heterocycles. The molecular weight excluding hydrogens is 411 g/mol. The van der Waals surface area contributed by atoms with Crippen molar-refractivity contribution < 1.29 is 18.8 Å². The van der Waals surface area contributed by atoms with E-state index in [2.05, 4.69) is 15.6 Å². The fraction of sp³-hybridized carbons (Fsp3) is 0.167. The number of halogens is 1. The zero-order valence-corrected chi connectivity index (χ0v) is 17.3. The van der Waals surface area contributed by atoms with Crippen LogP contribution in [0.15, 0.2) is 60.8 Å². The molecule has 0 fully saturated rings. The van der Waals surface area contributed by atoms with Crippen molar-refractivity contribution in [1.82, 2.24) is 20.5 Å². The molecule has 0 bridgehead atoms. The van der Waals surface area contributed by atoms with E-state index in [1.807, 2.05) is 43.3 Å². The van der Waals surface area contributed by atoms with Gasteiger partial charge in [0.1, 0.15) is 5.82 Å². The minimum absolute atomic E-state index is 0.162. The first-order chi connectivity index (χ1) is 15.4. The van der Waals surface area contributed by atoms with Gasteiger partial charge in [0.25, 0.3) is 5.91 Å². The molecule has 32 heavy (non-hydrogen) atoms. The van der Waals surface area contributed by atoms with Crippen molar-refractivity contribution >= 4 is 18.3 Å². The molecule has 7 nitrogen and oxygen atoms in total. The lowest BCUT2D eigenvalue weighted by atomic mass is 10.0. The molecule has 0 unspecified atom stereocenters. The number of aromatic nitrogens is 1. The van der Waals surface area contributed by atoms with Gasteiger partial charge < -0.3 is 10.2 Å². The van der Waals surface area contributed by atoms with Crippen LogP contribution < -0.4 is 10.6 Å². The number of carbonyl (C=O) groups is 3. The molecule has 0 spiro atoms. The van der Waals surface area contributed by atoms with E-state index in [0.29, 0.717) is 18.5 Å². The van der Waals surface area contributed by atoms with Crippen molar-refractivity contribution in [1.29, 1.82) is 0 Å². The van der Waals surface area contributed by atoms with Gasteiger partial charge in [-0.3, -0.25) is 19.9 Å². The van der Waals surface area contributed by atoms with Gasteiger partial charge in [-0.15, -0.1) is 0 Å². The lowest BCUT2D eigenvalue weighted by molar-refractivity contribution is -0.108. The van der Waals surface area contributed by atoms with Gasteiger partial charge in [-0.05, 0) is 53.4 Å². The smallest absolute Gasteiger partial charge is 0.321 e. The van der Waals surface area contributed by atoms with Crippen LogP contribution in [0.4, 0.5) is 9.18 Å². The van der Waals surface area contributed by atoms with Gasteiger partial charge >= 0.3 is 6.03 Å². The van der Waals surface area contributed by atoms with E-state index in [-0.39, 0.29) is 12.5 Å². The monoisotopic (exact) mass is 432 g/mol. The SMILES string of the molecule is Cc1cc(-c2ccc([C@H](CN3Cc4ccc(F)cc4C3=O)NC(=O)NC=O)cc2)ccn1. The normalized spacial score (nSPS) is 13.4. The summed E-state index contributed by atoms with van der Waals surface area (Å²) in [5.74, 6) is -0.771. The van der Waals surface area contributed by atoms with E-state index < -0.39 is 17.9 Å². The third kappa shape index (κ3) is 4.49. The Hall–Kier alpha value is -4.07. The van der Waals surface area contributed by atoms with Crippen molar-refractivity contribution in [2.24, 2.45) is 0 Å². The average molecular weight is 432 g/mol. The Labute approximate surface area is 184 Å². The molecule has 0 radical (unpaired) electrons. The Bertz CT molecular complexity index is 1180. The first-order valence-electron chi connectivity index (χ1n) is 10.1. The van der Waals surface area contributed by atoms with Crippen LogP contribution in [-0.2, 0) is 11.3 Å². The van der Waals surface area contributed by atoms with E-state index in [9.17, 15) is 18.8 Å². The molecule has 162 valence electrons. The second kappa shape index (κ2) is 8.97. The van der Waals surface area contributed by atoms with E-state index >= 15 is 0 Å². The number of hydrogen-bond acceptors (Lipinski definition) is 4. The predicted octanol–water partition coefficient (Wildman–Crippen LogP) is 3.35. The minimum Gasteiger partial charge on any atom is -0.332 e. The Morgan fingerprint density at radius 1 is 1.16 bits per heavy atom. The zero-order valence-electron chi connectivity index (χ0n) is 17.3. The van der Waals surface area contributed by atoms with Gasteiger partial charge in [0, 0.05) is 30.5 Å². The second-order valence-corrected chi connectivity index (χ2v) is 7.58. The number of benzene rings is 2. The number of nitrogens with one attached hydrogen (secondary N) is 2. The molecule has 1 aromatic heterocycles. The highest BCUT2D eigenvalue weighted by Gasteiger charge is 2.30. The third-order valence-corrected chi connectivity index (χ3v) is 5.39. The molecule has 2 N–H and O–H groups in total. The lowest BCUT2D eigenvalue weighted by Gasteiger charge is -2.25. The largest absolute Gasteiger partial charge is 0.332 e. The first kappa shape index (κ1) is 21.2. The predicted molar refractivity (Wildman–Crippen MR) is 116 cm³/mol. The Balaban J connectivity index is 1.58. The van der Waals surface area contributed by atoms with Crippen LogP contribution in [0.25, 0.3) is 11.1 Å². The number of aryl methyl sites for hydroxylation is 1. The molecular formula is C24H21FN4O3. The second-order valence-electron chi connectivity index (χ2n) is 7.58. The molecule has 1 aliphatic heterocycles. The molecule has 2 heterocycles. The van der Waals surface area contributed by atoms with E-state index in [0.717, 1.165) is 27.9 Å². The summed E-state index contributed by atoms with van der Waals surface area (Å²) in [5.41, 5.74) is 4.71. The number of carbonyl (C=O) groups excluding carboxylic acids is 3. The van der Waals surface area contributed by atoms with Gasteiger partial charge in [-0.25, -0.2) is 9.18 Å². The topological polar surface area (TPSA) is 91.4 Å². The summed E-state index contributed by atoms with van der Waals surface area (Å²) in [4.78, 5) is 41.2. The van der Waals surface area contributed by atoms with Crippen molar-refractivity contribution in [2.75, 3.05) is 6.54 Å². The summed E-state index contributed by atoms with van der Waals surface area (Å²) in [6.45, 7) is 2.39. The van der Waals surface area contributed by atoms with Crippen molar-refractivity contribution in [3.63, 3.8) is 0 Å². The summed E-state index contributed by atoms with van der Waals surface area (Å²) in [6, 6.07) is 14.4. The maximum Gasteiger partial charge on any atom is 0.321 e. The van der Waals surface area contributed by atoms with Crippen LogP contribution >= 0.6 is 0 Å². The van der Waals surface area contributed by atoms with Crippen LogP contribution in [0.2, 0.25) is 0 Å². The van der Waals surface area contributed by atoms with Crippen LogP contribution in [0, 0.1) is 12.7 Å². The molecule has 0 saturated carbocycles. The van der Waals surface area contributed by atoms with Crippen molar-refractivity contribution in [3.8, 4) is 11.1 Å². The van der Waals surface area contributed by atoms with Gasteiger partial charge in [0.2, 0.25) is 6.41 Å². The van der Waals surface area contributed by atoms with Crippen LogP contribution in [0.5, 0.6) is 0 Å².